The Morgan fingerprint density at radius 3 is 2.61 bits per heavy atom. The summed E-state index contributed by atoms with van der Waals surface area (Å²) in [7, 11) is 0. The van der Waals surface area contributed by atoms with Crippen LogP contribution < -0.4 is 5.32 Å². The van der Waals surface area contributed by atoms with E-state index in [9.17, 15) is 4.79 Å². The first-order valence-corrected chi connectivity index (χ1v) is 13.6. The van der Waals surface area contributed by atoms with E-state index in [1.165, 1.54) is 26.6 Å². The monoisotopic (exact) mass is 496 g/mol. The van der Waals surface area contributed by atoms with Crippen molar-refractivity contribution in [3.05, 3.63) is 105 Å². The Balaban J connectivity index is 1.48. The van der Waals surface area contributed by atoms with Gasteiger partial charge in [0.05, 0.1) is 18.3 Å². The Hall–Kier alpha value is -3.35. The molecule has 184 valence electrons. The van der Waals surface area contributed by atoms with Crippen molar-refractivity contribution in [1.82, 2.24) is 14.4 Å². The van der Waals surface area contributed by atoms with E-state index >= 15 is 0 Å². The first-order chi connectivity index (χ1) is 17.5. The van der Waals surface area contributed by atoms with E-state index in [2.05, 4.69) is 71.2 Å². The minimum Gasteiger partial charge on any atom is -0.310 e. The van der Waals surface area contributed by atoms with Gasteiger partial charge in [-0.3, -0.25) is 4.90 Å². The molecule has 0 radical (unpaired) electrons. The second-order valence-corrected chi connectivity index (χ2v) is 11.0. The van der Waals surface area contributed by atoms with Crippen molar-refractivity contribution in [2.75, 3.05) is 18.4 Å². The highest BCUT2D eigenvalue weighted by Crippen LogP contribution is 2.43. The molecule has 6 rings (SSSR count). The summed E-state index contributed by atoms with van der Waals surface area (Å²) < 4.78 is 2.33. The lowest BCUT2D eigenvalue weighted by Gasteiger charge is -2.32. The molecule has 0 spiro atoms. The third kappa shape index (κ3) is 4.04. The van der Waals surface area contributed by atoms with Crippen LogP contribution >= 0.6 is 11.3 Å². The van der Waals surface area contributed by atoms with Crippen LogP contribution in [-0.4, -0.2) is 33.5 Å². The van der Waals surface area contributed by atoms with E-state index in [1.807, 2.05) is 47.4 Å². The molecule has 0 fully saturated rings. The Morgan fingerprint density at radius 2 is 1.83 bits per heavy atom. The lowest BCUT2D eigenvalue weighted by atomic mass is 9.99. The van der Waals surface area contributed by atoms with Gasteiger partial charge in [0, 0.05) is 35.4 Å². The molecule has 5 nitrogen and oxygen atoms in total. The number of aromatic nitrogens is 1. The largest absolute Gasteiger partial charge is 0.322 e. The second kappa shape index (κ2) is 9.26. The van der Waals surface area contributed by atoms with E-state index in [4.69, 9.17) is 0 Å². The van der Waals surface area contributed by atoms with Crippen LogP contribution in [0, 0.1) is 13.8 Å². The Bertz CT molecular complexity index is 1420. The molecule has 0 unspecified atom stereocenters. The summed E-state index contributed by atoms with van der Waals surface area (Å²) in [4.78, 5) is 20.0. The molecule has 6 heteroatoms. The number of amides is 2. The Morgan fingerprint density at radius 1 is 1.00 bits per heavy atom. The molecule has 4 aromatic rings. The van der Waals surface area contributed by atoms with E-state index in [0.29, 0.717) is 6.54 Å². The zero-order valence-corrected chi connectivity index (χ0v) is 21.9. The average Bonchev–Trinajstić information content (AvgIpc) is 3.46. The molecule has 2 aromatic heterocycles. The van der Waals surface area contributed by atoms with Gasteiger partial charge in [-0.15, -0.1) is 11.3 Å². The number of fused-ring (bicyclic) bond motifs is 5. The number of nitrogens with zero attached hydrogens (tertiary/aromatic N) is 3. The number of urea groups is 1. The number of hydrogen-bond acceptors (Lipinski definition) is 3. The van der Waals surface area contributed by atoms with Gasteiger partial charge in [-0.2, -0.15) is 0 Å². The predicted molar refractivity (Wildman–Crippen MR) is 147 cm³/mol. The first kappa shape index (κ1) is 23.1. The summed E-state index contributed by atoms with van der Waals surface area (Å²) in [6, 6.07) is 20.7. The third-order valence-electron chi connectivity index (χ3n) is 7.51. The zero-order valence-electron chi connectivity index (χ0n) is 21.1. The zero-order chi connectivity index (χ0) is 24.8. The van der Waals surface area contributed by atoms with Crippen LogP contribution in [0.3, 0.4) is 0 Å². The fourth-order valence-electron chi connectivity index (χ4n) is 5.56. The molecule has 1 N–H and O–H groups in total. The minimum absolute atomic E-state index is 0.0716. The van der Waals surface area contributed by atoms with Crippen molar-refractivity contribution in [2.24, 2.45) is 0 Å². The number of benzene rings is 2. The van der Waals surface area contributed by atoms with Crippen LogP contribution in [0.25, 0.3) is 5.00 Å². The minimum atomic E-state index is -0.184. The molecule has 2 aliphatic rings. The van der Waals surface area contributed by atoms with Gasteiger partial charge >= 0.3 is 6.03 Å². The molecule has 0 aliphatic carbocycles. The van der Waals surface area contributed by atoms with E-state index in [1.54, 1.807) is 0 Å². The molecular formula is C30H32N4OS. The average molecular weight is 497 g/mol. The van der Waals surface area contributed by atoms with Gasteiger partial charge in [-0.05, 0) is 67.8 Å². The van der Waals surface area contributed by atoms with Crippen molar-refractivity contribution < 1.29 is 4.79 Å². The van der Waals surface area contributed by atoms with Crippen molar-refractivity contribution in [1.29, 1.82) is 0 Å². The van der Waals surface area contributed by atoms with E-state index in [-0.39, 0.29) is 12.1 Å². The van der Waals surface area contributed by atoms with Crippen LogP contribution in [-0.2, 0) is 19.5 Å². The van der Waals surface area contributed by atoms with Crippen molar-refractivity contribution in [3.8, 4) is 5.00 Å². The third-order valence-corrected chi connectivity index (χ3v) is 8.77. The summed E-state index contributed by atoms with van der Waals surface area (Å²) in [6.07, 6.45) is 3.20. The lowest BCUT2D eigenvalue weighted by molar-refractivity contribution is 0.194. The normalized spacial score (nSPS) is 17.2. The molecule has 2 aliphatic heterocycles. The van der Waals surface area contributed by atoms with Gasteiger partial charge in [0.1, 0.15) is 5.00 Å². The van der Waals surface area contributed by atoms with Gasteiger partial charge in [0.25, 0.3) is 0 Å². The maximum Gasteiger partial charge on any atom is 0.322 e. The number of thiophene rings is 1. The maximum absolute atomic E-state index is 14.0. The fraction of sp³-hybridized carbons (Fsp3) is 0.300. The van der Waals surface area contributed by atoms with Crippen LogP contribution in [0.15, 0.2) is 66.9 Å². The Kier molecular flexibility index (Phi) is 5.94. The van der Waals surface area contributed by atoms with Gasteiger partial charge in [-0.1, -0.05) is 48.9 Å². The van der Waals surface area contributed by atoms with Crippen molar-refractivity contribution in [3.63, 3.8) is 0 Å². The number of hydrogen-bond donors (Lipinski definition) is 1. The number of aryl methyl sites for hydroxylation is 2. The lowest BCUT2D eigenvalue weighted by Crippen LogP contribution is -2.38. The topological polar surface area (TPSA) is 40.5 Å². The first-order valence-electron chi connectivity index (χ1n) is 12.8. The smallest absolute Gasteiger partial charge is 0.310 e. The van der Waals surface area contributed by atoms with Gasteiger partial charge in [0.15, 0.2) is 0 Å². The molecular weight excluding hydrogens is 464 g/mol. The van der Waals surface area contributed by atoms with Crippen LogP contribution in [0.5, 0.6) is 0 Å². The molecule has 0 saturated heterocycles. The second-order valence-electron chi connectivity index (χ2n) is 9.95. The quantitative estimate of drug-likeness (QED) is 0.344. The highest BCUT2D eigenvalue weighted by atomic mass is 32.1. The van der Waals surface area contributed by atoms with Crippen LogP contribution in [0.1, 0.15) is 51.4 Å². The number of likely N-dealkylation sites (N-methyl/N-ethyl adjacent to an activating group) is 1. The summed E-state index contributed by atoms with van der Waals surface area (Å²) in [6.45, 7) is 10.1. The molecule has 0 saturated carbocycles. The molecule has 2 aromatic carbocycles. The van der Waals surface area contributed by atoms with E-state index < -0.39 is 0 Å². The molecule has 1 atom stereocenters. The van der Waals surface area contributed by atoms with Crippen molar-refractivity contribution in [2.45, 2.75) is 46.3 Å². The highest BCUT2D eigenvalue weighted by molar-refractivity contribution is 7.15. The molecule has 36 heavy (non-hydrogen) atoms. The molecule has 4 heterocycles. The number of carbonyl (C=O) groups excluding carboxylic acids is 1. The summed E-state index contributed by atoms with van der Waals surface area (Å²) >= 11 is 1.90. The number of carbonyl (C=O) groups is 1. The Labute approximate surface area is 217 Å². The molecule has 0 bridgehead atoms. The summed E-state index contributed by atoms with van der Waals surface area (Å²) in [5.74, 6) is 0. The summed E-state index contributed by atoms with van der Waals surface area (Å²) in [5.41, 5.74) is 8.17. The standard InChI is InChI=1S/C30H32N4OS/c1-4-32-16-14-24-25-18-34(30(35)31-23-8-5-7-21(3)17-23)28(22-12-10-20(2)11-13-22)26-9-6-15-33(26)29(25)36-27(24)19-32/h5-13,15,17,28H,4,14,16,18-19H2,1-3H3,(H,31,35)/t28-/m1/s1. The number of anilines is 1. The predicted octanol–water partition coefficient (Wildman–Crippen LogP) is 6.67. The van der Waals surface area contributed by atoms with Crippen LogP contribution in [0.4, 0.5) is 10.5 Å². The SMILES string of the molecule is CCN1CCc2c(sc3c2CN(C(=O)Nc2cccc(C)c2)[C@H](c2ccc(C)cc2)c2cccn2-3)C1. The maximum atomic E-state index is 14.0. The number of nitrogens with one attached hydrogen (secondary N) is 1. The van der Waals surface area contributed by atoms with Gasteiger partial charge in [-0.25, -0.2) is 4.79 Å². The van der Waals surface area contributed by atoms with Gasteiger partial charge < -0.3 is 14.8 Å². The van der Waals surface area contributed by atoms with Gasteiger partial charge in [0.2, 0.25) is 0 Å². The van der Waals surface area contributed by atoms with Crippen molar-refractivity contribution >= 4 is 23.1 Å². The fourth-order valence-corrected chi connectivity index (χ4v) is 6.97. The number of rotatable bonds is 3. The highest BCUT2D eigenvalue weighted by Gasteiger charge is 2.36. The van der Waals surface area contributed by atoms with Crippen LogP contribution in [0.2, 0.25) is 0 Å². The summed E-state index contributed by atoms with van der Waals surface area (Å²) in [5, 5.41) is 4.47. The molecule has 2 amide bonds. The van der Waals surface area contributed by atoms with E-state index in [0.717, 1.165) is 48.6 Å².